The van der Waals surface area contributed by atoms with Crippen molar-refractivity contribution in [3.05, 3.63) is 84.0 Å². The van der Waals surface area contributed by atoms with Crippen LogP contribution in [0.3, 0.4) is 0 Å². The molecule has 1 N–H and O–H groups in total. The number of hydrogen-bond acceptors (Lipinski definition) is 13. The highest BCUT2D eigenvalue weighted by molar-refractivity contribution is 8.13. The van der Waals surface area contributed by atoms with Crippen molar-refractivity contribution in [2.75, 3.05) is 38.4 Å². The van der Waals surface area contributed by atoms with Crippen LogP contribution in [0.1, 0.15) is 141 Å². The van der Waals surface area contributed by atoms with Crippen molar-refractivity contribution >= 4 is 73.9 Å². The molecule has 1 aliphatic carbocycles. The van der Waals surface area contributed by atoms with Gasteiger partial charge in [-0.15, -0.1) is 0 Å². The van der Waals surface area contributed by atoms with Crippen LogP contribution < -0.4 is 0 Å². The largest absolute Gasteiger partial charge is 0.466 e. The lowest BCUT2D eigenvalue weighted by atomic mass is 9.98. The molecule has 0 aliphatic heterocycles. The molecule has 0 heterocycles. The van der Waals surface area contributed by atoms with Crippen LogP contribution in [0.2, 0.25) is 51.4 Å². The Bertz CT molecular complexity index is 2040. The number of benzene rings is 2. The van der Waals surface area contributed by atoms with E-state index in [4.69, 9.17) is 18.9 Å². The van der Waals surface area contributed by atoms with Gasteiger partial charge >= 0.3 is 24.0 Å². The van der Waals surface area contributed by atoms with Gasteiger partial charge in [0.2, 0.25) is 0 Å². The molecule has 1 aliphatic rings. The lowest BCUT2D eigenvalue weighted by Gasteiger charge is -2.25. The lowest BCUT2D eigenvalue weighted by molar-refractivity contribution is -0.156. The van der Waals surface area contributed by atoms with Crippen molar-refractivity contribution in [1.82, 2.24) is 4.90 Å². The van der Waals surface area contributed by atoms with E-state index < -0.39 is 52.4 Å². The Kier molecular flexibility index (Phi) is 33.8. The Morgan fingerprint density at radius 2 is 1.09 bits per heavy atom. The van der Waals surface area contributed by atoms with Crippen molar-refractivity contribution in [2.24, 2.45) is 0 Å². The van der Waals surface area contributed by atoms with E-state index in [1.807, 2.05) is 48.6 Å². The van der Waals surface area contributed by atoms with Crippen LogP contribution in [-0.4, -0.2) is 117 Å². The number of fused-ring (bicyclic) bond motifs is 3. The van der Waals surface area contributed by atoms with E-state index in [0.717, 1.165) is 72.2 Å². The van der Waals surface area contributed by atoms with E-state index in [-0.39, 0.29) is 41.6 Å². The Hall–Kier alpha value is -3.97. The number of esters is 3. The molecule has 0 unspecified atom stereocenters. The van der Waals surface area contributed by atoms with E-state index >= 15 is 0 Å². The number of ether oxygens (including phenoxy) is 4. The highest BCUT2D eigenvalue weighted by Crippen LogP contribution is 2.44. The molecule has 0 bridgehead atoms. The number of nitrogens with zero attached hydrogens (tertiary/aromatic N) is 1. The number of likely N-dealkylation sites (N-methyl/N-ethyl adjacent to an activating group) is 1. The van der Waals surface area contributed by atoms with E-state index in [9.17, 15) is 33.9 Å². The molecule has 0 spiro atoms. The van der Waals surface area contributed by atoms with E-state index in [1.165, 1.54) is 67.6 Å². The van der Waals surface area contributed by atoms with Gasteiger partial charge in [-0.1, -0.05) is 195 Å². The summed E-state index contributed by atoms with van der Waals surface area (Å²) in [5.41, 5.74) is 4.46. The van der Waals surface area contributed by atoms with Crippen molar-refractivity contribution in [3.8, 4) is 11.1 Å². The normalized spacial score (nSPS) is 13.5. The van der Waals surface area contributed by atoms with Crippen molar-refractivity contribution < 1.29 is 52.8 Å². The molecule has 75 heavy (non-hydrogen) atoms. The van der Waals surface area contributed by atoms with Gasteiger partial charge in [-0.3, -0.25) is 24.1 Å². The fourth-order valence-corrected chi connectivity index (χ4v) is 10.7. The standard InChI is InChI=1S/C39H55NO7SSi.C20H38O4SSi/c1-7-8-9-10-11-23-37(42)48-25-17-16-18-30(27-36(41)45-24-26-49(4,5)6)47-38(43)29(2)40(3)39(44)46-28-35-33-21-14-12-19-31(33)32-20-13-15-22-34(32)35;1-5-6-7-8-9-13-20(23)25-15-11-10-12-18(21)17-19(22)24-14-16-26(2,3)4/h12-16,18-22,29-30,35H,7-11,17,23-28H2,1-6H3;10,12,18,21H,5-9,11,13-17H2,1-4H3/b18-16+;12-10+/t29-,30+;18-/m01/s1. The number of aliphatic hydroxyl groups is 1. The number of unbranched alkanes of at least 4 members (excludes halogenated alkanes) is 8. The maximum Gasteiger partial charge on any atom is 0.410 e. The second-order valence-electron chi connectivity index (χ2n) is 21.8. The number of carbonyl (C=O) groups excluding carboxylic acids is 6. The van der Waals surface area contributed by atoms with Crippen molar-refractivity contribution in [2.45, 2.75) is 199 Å². The maximum absolute atomic E-state index is 13.3. The molecule has 16 heteroatoms. The maximum atomic E-state index is 13.3. The Morgan fingerprint density at radius 3 is 1.57 bits per heavy atom. The predicted octanol–water partition coefficient (Wildman–Crippen LogP) is 14.2. The zero-order valence-electron chi connectivity index (χ0n) is 47.3. The second kappa shape index (κ2) is 37.7. The number of carbonyl (C=O) groups is 6. The molecule has 420 valence electrons. The summed E-state index contributed by atoms with van der Waals surface area (Å²) in [5.74, 6) is -0.246. The molecule has 3 rings (SSSR count). The zero-order chi connectivity index (χ0) is 55.7. The minimum atomic E-state index is -1.39. The van der Waals surface area contributed by atoms with Crippen LogP contribution in [0.25, 0.3) is 11.1 Å². The van der Waals surface area contributed by atoms with Gasteiger partial charge in [-0.05, 0) is 73.0 Å². The molecule has 0 fully saturated rings. The smallest absolute Gasteiger partial charge is 0.410 e. The SMILES string of the molecule is CCCCCCCC(=O)SCC/C=C/[C@@H](O)CC(=O)OCC[Si](C)(C)C.CCCCCCCC(=O)SCC/C=C/[C@H](CC(=O)OCC[Si](C)(C)C)OC(=O)[C@H](C)N(C)C(=O)OCC1c2ccccc2-c2ccccc21. The van der Waals surface area contributed by atoms with Gasteiger partial charge in [0.15, 0.2) is 10.2 Å². The second-order valence-corrected chi connectivity index (χ2v) is 35.4. The average molecular weight is 1110 g/mol. The molecule has 1 amide bonds. The topological polar surface area (TPSA) is 163 Å². The lowest BCUT2D eigenvalue weighted by Crippen LogP contribution is -2.43. The average Bonchev–Trinajstić information content (AvgIpc) is 3.67. The molecular formula is C59H93NO11S2Si2. The van der Waals surface area contributed by atoms with Gasteiger partial charge in [0.05, 0.1) is 32.2 Å². The summed E-state index contributed by atoms with van der Waals surface area (Å²) in [6, 6.07) is 17.0. The van der Waals surface area contributed by atoms with E-state index in [1.54, 1.807) is 19.1 Å². The van der Waals surface area contributed by atoms with Crippen molar-refractivity contribution in [1.29, 1.82) is 0 Å². The first kappa shape index (κ1) is 67.1. The first-order valence-corrected chi connectivity index (χ1v) is 37.0. The summed E-state index contributed by atoms with van der Waals surface area (Å²) in [4.78, 5) is 75.9. The van der Waals surface area contributed by atoms with Crippen LogP contribution in [0.15, 0.2) is 72.8 Å². The third-order valence-electron chi connectivity index (χ3n) is 12.6. The Balaban J connectivity index is 0.000000626. The molecule has 2 aromatic rings. The van der Waals surface area contributed by atoms with Gasteiger partial charge in [-0.2, -0.15) is 0 Å². The van der Waals surface area contributed by atoms with Crippen LogP contribution >= 0.6 is 23.5 Å². The molecule has 0 aromatic heterocycles. The number of aliphatic hydroxyl groups excluding tert-OH is 1. The van der Waals surface area contributed by atoms with Crippen LogP contribution in [0.5, 0.6) is 0 Å². The summed E-state index contributed by atoms with van der Waals surface area (Å²) in [6.07, 6.45) is 18.4. The number of amides is 1. The minimum Gasteiger partial charge on any atom is -0.466 e. The molecular weight excluding hydrogens is 1020 g/mol. The predicted molar refractivity (Wildman–Crippen MR) is 315 cm³/mol. The fraction of sp³-hybridized carbons (Fsp3) is 0.627. The summed E-state index contributed by atoms with van der Waals surface area (Å²) >= 11 is 2.67. The Labute approximate surface area is 461 Å². The summed E-state index contributed by atoms with van der Waals surface area (Å²) < 4.78 is 22.1. The molecule has 12 nitrogen and oxygen atoms in total. The fourth-order valence-electron chi connectivity index (χ4n) is 7.74. The molecule has 0 radical (unpaired) electrons. The molecule has 2 aromatic carbocycles. The first-order chi connectivity index (χ1) is 35.6. The van der Waals surface area contributed by atoms with Crippen LogP contribution in [0.4, 0.5) is 4.79 Å². The quantitative estimate of drug-likeness (QED) is 0.0228. The monoisotopic (exact) mass is 1110 g/mol. The van der Waals surface area contributed by atoms with Gasteiger partial charge < -0.3 is 24.1 Å². The molecule has 3 atom stereocenters. The summed E-state index contributed by atoms with van der Waals surface area (Å²) in [7, 11) is -1.09. The third kappa shape index (κ3) is 30.5. The van der Waals surface area contributed by atoms with E-state index in [0.29, 0.717) is 44.6 Å². The van der Waals surface area contributed by atoms with Gasteiger partial charge in [-0.25, -0.2) is 9.59 Å². The highest BCUT2D eigenvalue weighted by Gasteiger charge is 2.32. The first-order valence-electron chi connectivity index (χ1n) is 27.6. The summed E-state index contributed by atoms with van der Waals surface area (Å²) in [5, 5.41) is 10.3. The Morgan fingerprint density at radius 1 is 0.640 bits per heavy atom. The zero-order valence-corrected chi connectivity index (χ0v) is 50.9. The number of rotatable bonds is 35. The van der Waals surface area contributed by atoms with Gasteiger partial charge in [0, 0.05) is 53.5 Å². The molecule has 0 saturated heterocycles. The number of hydrogen-bond donors (Lipinski definition) is 1. The summed E-state index contributed by atoms with van der Waals surface area (Å²) in [6.45, 7) is 20.1. The van der Waals surface area contributed by atoms with Gasteiger partial charge in [0.1, 0.15) is 18.8 Å². The third-order valence-corrected chi connectivity index (χ3v) is 17.9. The van der Waals surface area contributed by atoms with E-state index in [2.05, 4.69) is 65.3 Å². The van der Waals surface area contributed by atoms with Crippen molar-refractivity contribution in [3.63, 3.8) is 0 Å². The minimum absolute atomic E-state index is 0.00790. The number of allylic oxidation sites excluding steroid dienone is 2. The van der Waals surface area contributed by atoms with Crippen LogP contribution in [-0.2, 0) is 42.9 Å². The highest BCUT2D eigenvalue weighted by atomic mass is 32.2. The number of thioether (sulfide) groups is 2. The molecule has 0 saturated carbocycles. The van der Waals surface area contributed by atoms with Crippen LogP contribution in [0, 0.1) is 0 Å². The van der Waals surface area contributed by atoms with Gasteiger partial charge in [0.25, 0.3) is 0 Å².